The van der Waals surface area contributed by atoms with Crippen LogP contribution in [0.3, 0.4) is 0 Å². The quantitative estimate of drug-likeness (QED) is 0.782. The average molecular weight is 227 g/mol. The molecule has 16 heavy (non-hydrogen) atoms. The fourth-order valence-electron chi connectivity index (χ4n) is 1.54. The molecule has 0 amide bonds. The molecule has 0 bridgehead atoms. The van der Waals surface area contributed by atoms with Crippen LogP contribution in [0.5, 0.6) is 0 Å². The maximum absolute atomic E-state index is 6.39. The number of nitrogens with two attached hydrogens (primary N) is 1. The highest BCUT2D eigenvalue weighted by atomic mass is 32.3. The van der Waals surface area contributed by atoms with Crippen LogP contribution in [0.25, 0.3) is 0 Å². The van der Waals surface area contributed by atoms with E-state index >= 15 is 0 Å². The molecule has 0 aliphatic heterocycles. The monoisotopic (exact) mass is 227 g/mol. The zero-order valence-electron chi connectivity index (χ0n) is 8.84. The Kier molecular flexibility index (Phi) is 3.00. The summed E-state index contributed by atoms with van der Waals surface area (Å²) < 4.78 is 0. The van der Waals surface area contributed by atoms with E-state index in [0.717, 1.165) is 9.79 Å². The fraction of sp³-hybridized carbons (Fsp3) is 0. The van der Waals surface area contributed by atoms with Gasteiger partial charge in [-0.05, 0) is 29.5 Å². The van der Waals surface area contributed by atoms with Crippen LogP contribution in [0.4, 0.5) is 0 Å². The Morgan fingerprint density at radius 1 is 0.812 bits per heavy atom. The zero-order valence-corrected chi connectivity index (χ0v) is 9.65. The van der Waals surface area contributed by atoms with Crippen molar-refractivity contribution in [3.05, 3.63) is 60.7 Å². The van der Waals surface area contributed by atoms with Gasteiger partial charge in [0.05, 0.1) is 0 Å². The lowest BCUT2D eigenvalue weighted by molar-refractivity contribution is 1.36. The first kappa shape index (κ1) is 10.8. The summed E-state index contributed by atoms with van der Waals surface area (Å²) in [4.78, 5) is 2.03. The fourth-order valence-corrected chi connectivity index (χ4v) is 3.26. The third-order valence-electron chi connectivity index (χ3n) is 2.42. The van der Waals surface area contributed by atoms with Crippen molar-refractivity contribution in [3.8, 4) is 11.7 Å². The maximum Gasteiger partial charge on any atom is 0.0177 e. The Labute approximate surface area is 97.8 Å². The molecular weight excluding hydrogens is 214 g/mol. The van der Waals surface area contributed by atoms with Gasteiger partial charge >= 0.3 is 0 Å². The predicted molar refractivity (Wildman–Crippen MR) is 70.0 cm³/mol. The molecule has 2 aromatic rings. The van der Waals surface area contributed by atoms with E-state index in [-0.39, 0.29) is 0 Å². The molecule has 0 spiro atoms. The van der Waals surface area contributed by atoms with E-state index in [1.807, 2.05) is 60.7 Å². The average Bonchev–Trinajstić information content (AvgIpc) is 2.40. The molecule has 80 valence electrons. The molecule has 1 nitrogen and oxygen atoms in total. The van der Waals surface area contributed by atoms with Crippen molar-refractivity contribution in [2.75, 3.05) is 0 Å². The van der Waals surface area contributed by atoms with E-state index in [0.29, 0.717) is 0 Å². The lowest BCUT2D eigenvalue weighted by Crippen LogP contribution is -2.09. The van der Waals surface area contributed by atoms with Crippen molar-refractivity contribution in [3.63, 3.8) is 0 Å². The van der Waals surface area contributed by atoms with Crippen LogP contribution in [-0.4, -0.2) is 0 Å². The number of terminal acetylenes is 1. The summed E-state index contributed by atoms with van der Waals surface area (Å²) in [7, 11) is -1.81. The largest absolute Gasteiger partial charge is 0.278 e. The van der Waals surface area contributed by atoms with Gasteiger partial charge in [0.2, 0.25) is 0 Å². The first-order valence-electron chi connectivity index (χ1n) is 4.96. The number of hydrogen-bond acceptors (Lipinski definition) is 1. The molecule has 0 saturated carbocycles. The Morgan fingerprint density at radius 2 is 1.19 bits per heavy atom. The van der Waals surface area contributed by atoms with Crippen molar-refractivity contribution in [1.29, 1.82) is 0 Å². The molecule has 2 N–H and O–H groups in total. The second-order valence-corrected chi connectivity index (χ2v) is 5.90. The minimum absolute atomic E-state index is 1.02. The summed E-state index contributed by atoms with van der Waals surface area (Å²) in [6.45, 7) is 0. The summed E-state index contributed by atoms with van der Waals surface area (Å²) in [6, 6.07) is 19.7. The van der Waals surface area contributed by atoms with Crippen molar-refractivity contribution in [2.45, 2.75) is 9.79 Å². The zero-order chi connectivity index (χ0) is 11.4. The van der Waals surface area contributed by atoms with Gasteiger partial charge in [0, 0.05) is 9.79 Å². The standard InChI is InChI=1S/C14H13NS/c1-2-16(15,13-9-5-3-6-10-13)14-11-7-4-8-12-14/h1,3-12H,15H2. The minimum atomic E-state index is -1.81. The van der Waals surface area contributed by atoms with Crippen molar-refractivity contribution in [1.82, 2.24) is 0 Å². The van der Waals surface area contributed by atoms with Gasteiger partial charge < -0.3 is 0 Å². The van der Waals surface area contributed by atoms with Crippen molar-refractivity contribution >= 4 is 10.2 Å². The van der Waals surface area contributed by atoms with Gasteiger partial charge in [0.25, 0.3) is 0 Å². The van der Waals surface area contributed by atoms with Crippen molar-refractivity contribution < 1.29 is 0 Å². The molecule has 0 heterocycles. The summed E-state index contributed by atoms with van der Waals surface area (Å²) in [5, 5.41) is 9.16. The molecular formula is C14H13NS. The number of benzene rings is 2. The lowest BCUT2D eigenvalue weighted by Gasteiger charge is -2.30. The van der Waals surface area contributed by atoms with Crippen molar-refractivity contribution in [2.24, 2.45) is 5.14 Å². The molecule has 0 fully saturated rings. The highest BCUT2D eigenvalue weighted by Gasteiger charge is 2.20. The Hall–Kier alpha value is -1.69. The van der Waals surface area contributed by atoms with Gasteiger partial charge in [-0.2, -0.15) is 0 Å². The Balaban J connectivity index is 2.55. The van der Waals surface area contributed by atoms with E-state index in [9.17, 15) is 0 Å². The van der Waals surface area contributed by atoms with Gasteiger partial charge in [-0.25, -0.2) is 0 Å². The Bertz CT molecular complexity index is 460. The molecule has 0 atom stereocenters. The van der Waals surface area contributed by atoms with Gasteiger partial charge in [-0.1, -0.05) is 46.6 Å². The van der Waals surface area contributed by atoms with Gasteiger partial charge in [0.1, 0.15) is 0 Å². The SMILES string of the molecule is C#CS(N)(c1ccccc1)c1ccccc1. The van der Waals surface area contributed by atoms with Gasteiger partial charge in [0.15, 0.2) is 0 Å². The molecule has 2 rings (SSSR count). The maximum atomic E-state index is 6.39. The second-order valence-electron chi connectivity index (χ2n) is 3.40. The van der Waals surface area contributed by atoms with Crippen LogP contribution in [0.2, 0.25) is 0 Å². The first-order chi connectivity index (χ1) is 7.77. The lowest BCUT2D eigenvalue weighted by atomic mass is 10.4. The van der Waals surface area contributed by atoms with E-state index in [4.69, 9.17) is 11.6 Å². The molecule has 0 saturated heterocycles. The van der Waals surface area contributed by atoms with E-state index in [1.165, 1.54) is 0 Å². The molecule has 2 heteroatoms. The highest BCUT2D eigenvalue weighted by Crippen LogP contribution is 2.54. The minimum Gasteiger partial charge on any atom is -0.278 e. The van der Waals surface area contributed by atoms with Crippen LogP contribution < -0.4 is 5.14 Å². The van der Waals surface area contributed by atoms with E-state index < -0.39 is 10.2 Å². The predicted octanol–water partition coefficient (Wildman–Crippen LogP) is 3.37. The summed E-state index contributed by atoms with van der Waals surface area (Å²) in [6.07, 6.45) is 5.63. The third-order valence-corrected chi connectivity index (χ3v) is 4.82. The van der Waals surface area contributed by atoms with Crippen LogP contribution >= 0.6 is 10.2 Å². The molecule has 2 aromatic carbocycles. The summed E-state index contributed by atoms with van der Waals surface area (Å²) >= 11 is 0. The topological polar surface area (TPSA) is 26.0 Å². The van der Waals surface area contributed by atoms with Crippen LogP contribution in [0.15, 0.2) is 70.5 Å². The van der Waals surface area contributed by atoms with Crippen LogP contribution in [-0.2, 0) is 0 Å². The summed E-state index contributed by atoms with van der Waals surface area (Å²) in [5.74, 6) is 0. The number of hydrogen-bond donors (Lipinski definition) is 1. The molecule has 0 unspecified atom stereocenters. The molecule has 0 aliphatic carbocycles. The van der Waals surface area contributed by atoms with Crippen LogP contribution in [0.1, 0.15) is 0 Å². The third kappa shape index (κ3) is 1.83. The van der Waals surface area contributed by atoms with Gasteiger partial charge in [-0.3, -0.25) is 5.14 Å². The van der Waals surface area contributed by atoms with E-state index in [1.54, 1.807) is 0 Å². The summed E-state index contributed by atoms with van der Waals surface area (Å²) in [5.41, 5.74) is 0. The van der Waals surface area contributed by atoms with Crippen LogP contribution in [0, 0.1) is 11.7 Å². The smallest absolute Gasteiger partial charge is 0.0177 e. The first-order valence-corrected chi connectivity index (χ1v) is 6.65. The number of rotatable bonds is 2. The molecule has 0 aromatic heterocycles. The molecule has 0 radical (unpaired) electrons. The van der Waals surface area contributed by atoms with Gasteiger partial charge in [-0.15, -0.1) is 6.42 Å². The highest BCUT2D eigenvalue weighted by molar-refractivity contribution is 8.35. The van der Waals surface area contributed by atoms with E-state index in [2.05, 4.69) is 5.25 Å². The molecule has 0 aliphatic rings. The second kappa shape index (κ2) is 4.44. The Morgan fingerprint density at radius 3 is 1.50 bits per heavy atom. The normalized spacial score (nSPS) is 11.8.